The minimum absolute atomic E-state index is 0.0846. The minimum Gasteiger partial charge on any atom is -0.497 e. The van der Waals surface area contributed by atoms with E-state index in [0.717, 1.165) is 62.1 Å². The van der Waals surface area contributed by atoms with Crippen molar-refractivity contribution in [1.29, 1.82) is 0 Å². The Morgan fingerprint density at radius 2 is 1.91 bits per heavy atom. The summed E-state index contributed by atoms with van der Waals surface area (Å²) in [4.78, 5) is 20.6. The van der Waals surface area contributed by atoms with Gasteiger partial charge in [0.05, 0.1) is 29.8 Å². The number of para-hydroxylation sites is 1. The van der Waals surface area contributed by atoms with Crippen molar-refractivity contribution in [3.8, 4) is 5.75 Å². The number of carbonyl (C=O) groups excluding carboxylic acids is 1. The summed E-state index contributed by atoms with van der Waals surface area (Å²) < 4.78 is 5.50. The normalized spacial score (nSPS) is 22.6. The molecule has 2 aromatic carbocycles. The zero-order chi connectivity index (χ0) is 22.8. The highest BCUT2D eigenvalue weighted by atomic mass is 35.5. The summed E-state index contributed by atoms with van der Waals surface area (Å²) in [5.41, 5.74) is 3.46. The van der Waals surface area contributed by atoms with Gasteiger partial charge in [-0.2, -0.15) is 0 Å². The van der Waals surface area contributed by atoms with Crippen molar-refractivity contribution >= 4 is 28.9 Å². The van der Waals surface area contributed by atoms with E-state index in [1.807, 2.05) is 24.3 Å². The van der Waals surface area contributed by atoms with E-state index in [0.29, 0.717) is 6.54 Å². The number of carbonyl (C=O) groups is 1. The monoisotopic (exact) mass is 468 g/mol. The van der Waals surface area contributed by atoms with Crippen molar-refractivity contribution in [1.82, 2.24) is 10.2 Å². The lowest BCUT2D eigenvalue weighted by Gasteiger charge is -2.49. The third-order valence-electron chi connectivity index (χ3n) is 7.38. The average molecular weight is 469 g/mol. The van der Waals surface area contributed by atoms with Crippen LogP contribution in [0.15, 0.2) is 42.5 Å². The third kappa shape index (κ3) is 4.64. The first-order valence-corrected chi connectivity index (χ1v) is 12.4. The molecule has 2 atom stereocenters. The molecule has 3 aliphatic rings. The first-order chi connectivity index (χ1) is 16.1. The maximum atomic E-state index is 13.4. The summed E-state index contributed by atoms with van der Waals surface area (Å²) in [5.74, 6) is 0.913. The van der Waals surface area contributed by atoms with Crippen LogP contribution in [0.5, 0.6) is 5.75 Å². The first kappa shape index (κ1) is 22.4. The number of anilines is 2. The molecule has 3 heterocycles. The van der Waals surface area contributed by atoms with Gasteiger partial charge in [0.15, 0.2) is 0 Å². The van der Waals surface area contributed by atoms with Gasteiger partial charge in [-0.15, -0.1) is 0 Å². The highest BCUT2D eigenvalue weighted by Gasteiger charge is 2.42. The standard InChI is InChI=1S/C26H33ClN4O2/c1-33-20-9-8-19-16-21(26(32)28-10-13-29-11-4-5-12-29)25-18-30(14-15-31(25)24(19)17-20)23-7-3-2-6-22(23)27/h2-3,6-9,17,21,25H,4-5,10-16,18H2,1H3,(H,28,32)/t21-,25-/m1/s1. The Morgan fingerprint density at radius 3 is 2.70 bits per heavy atom. The molecule has 3 aliphatic heterocycles. The summed E-state index contributed by atoms with van der Waals surface area (Å²) in [5, 5.41) is 4.01. The van der Waals surface area contributed by atoms with Crippen LogP contribution < -0.4 is 19.9 Å². The lowest BCUT2D eigenvalue weighted by molar-refractivity contribution is -0.125. The molecular weight excluding hydrogens is 436 g/mol. The molecule has 0 unspecified atom stereocenters. The van der Waals surface area contributed by atoms with Crippen LogP contribution in [-0.4, -0.2) is 69.8 Å². The van der Waals surface area contributed by atoms with Crippen molar-refractivity contribution in [2.24, 2.45) is 5.92 Å². The second-order valence-corrected chi connectivity index (χ2v) is 9.71. The summed E-state index contributed by atoms with van der Waals surface area (Å²) in [7, 11) is 1.70. The van der Waals surface area contributed by atoms with E-state index in [-0.39, 0.29) is 17.9 Å². The fourth-order valence-corrected chi connectivity index (χ4v) is 5.86. The lowest BCUT2D eigenvalue weighted by Crippen LogP contribution is -2.61. The number of rotatable bonds is 6. The van der Waals surface area contributed by atoms with Crippen LogP contribution in [0.3, 0.4) is 0 Å². The highest BCUT2D eigenvalue weighted by molar-refractivity contribution is 6.33. The molecule has 0 aromatic heterocycles. The van der Waals surface area contributed by atoms with Crippen LogP contribution >= 0.6 is 11.6 Å². The van der Waals surface area contributed by atoms with E-state index in [1.165, 1.54) is 24.1 Å². The van der Waals surface area contributed by atoms with E-state index in [9.17, 15) is 4.79 Å². The van der Waals surface area contributed by atoms with E-state index in [2.05, 4.69) is 38.2 Å². The quantitative estimate of drug-likeness (QED) is 0.703. The van der Waals surface area contributed by atoms with Crippen LogP contribution in [0.1, 0.15) is 18.4 Å². The van der Waals surface area contributed by atoms with Gasteiger partial charge in [0, 0.05) is 44.5 Å². The van der Waals surface area contributed by atoms with Crippen molar-refractivity contribution in [2.45, 2.75) is 25.3 Å². The molecule has 6 nitrogen and oxygen atoms in total. The molecule has 33 heavy (non-hydrogen) atoms. The van der Waals surface area contributed by atoms with Crippen LogP contribution in [-0.2, 0) is 11.2 Å². The topological polar surface area (TPSA) is 48.1 Å². The fraction of sp³-hybridized carbons (Fsp3) is 0.500. The van der Waals surface area contributed by atoms with Crippen LogP contribution in [0.25, 0.3) is 0 Å². The molecule has 0 aliphatic carbocycles. The number of fused-ring (bicyclic) bond motifs is 3. The van der Waals surface area contributed by atoms with Gasteiger partial charge in [-0.1, -0.05) is 29.8 Å². The number of nitrogens with zero attached hydrogens (tertiary/aromatic N) is 3. The highest BCUT2D eigenvalue weighted by Crippen LogP contribution is 2.39. The predicted octanol–water partition coefficient (Wildman–Crippen LogP) is 3.43. The molecular formula is C26H33ClN4O2. The second-order valence-electron chi connectivity index (χ2n) is 9.30. The molecule has 1 amide bonds. The maximum absolute atomic E-state index is 13.4. The number of hydrogen-bond acceptors (Lipinski definition) is 5. The number of piperazine rings is 1. The van der Waals surface area contributed by atoms with Gasteiger partial charge in [0.2, 0.25) is 5.91 Å². The zero-order valence-electron chi connectivity index (χ0n) is 19.3. The molecule has 2 saturated heterocycles. The largest absolute Gasteiger partial charge is 0.497 e. The molecule has 7 heteroatoms. The Balaban J connectivity index is 1.37. The molecule has 176 valence electrons. The Bertz CT molecular complexity index is 994. The molecule has 0 spiro atoms. The van der Waals surface area contributed by atoms with E-state index < -0.39 is 0 Å². The van der Waals surface area contributed by atoms with E-state index in [1.54, 1.807) is 7.11 Å². The molecule has 2 aromatic rings. The van der Waals surface area contributed by atoms with Gasteiger partial charge in [0.1, 0.15) is 5.75 Å². The molecule has 0 saturated carbocycles. The van der Waals surface area contributed by atoms with Crippen LogP contribution in [0, 0.1) is 5.92 Å². The minimum atomic E-state index is -0.102. The predicted molar refractivity (Wildman–Crippen MR) is 134 cm³/mol. The second kappa shape index (κ2) is 9.82. The van der Waals surface area contributed by atoms with Crippen molar-refractivity contribution in [3.05, 3.63) is 53.1 Å². The Morgan fingerprint density at radius 1 is 1.09 bits per heavy atom. The Hall–Kier alpha value is -2.44. The lowest BCUT2D eigenvalue weighted by atomic mass is 9.83. The molecule has 5 rings (SSSR count). The number of halogens is 1. The van der Waals surface area contributed by atoms with Crippen LogP contribution in [0.2, 0.25) is 5.02 Å². The van der Waals surface area contributed by atoms with Crippen LogP contribution in [0.4, 0.5) is 11.4 Å². The van der Waals surface area contributed by atoms with Gasteiger partial charge >= 0.3 is 0 Å². The number of nitrogens with one attached hydrogen (secondary N) is 1. The summed E-state index contributed by atoms with van der Waals surface area (Å²) in [6.45, 7) is 6.42. The van der Waals surface area contributed by atoms with Crippen molar-refractivity contribution < 1.29 is 9.53 Å². The van der Waals surface area contributed by atoms with Crippen molar-refractivity contribution in [3.63, 3.8) is 0 Å². The van der Waals surface area contributed by atoms with Gasteiger partial charge < -0.3 is 24.8 Å². The van der Waals surface area contributed by atoms with Gasteiger partial charge in [-0.05, 0) is 56.1 Å². The van der Waals surface area contributed by atoms with Gasteiger partial charge in [0.25, 0.3) is 0 Å². The maximum Gasteiger partial charge on any atom is 0.225 e. The first-order valence-electron chi connectivity index (χ1n) is 12.1. The summed E-state index contributed by atoms with van der Waals surface area (Å²) in [6.07, 6.45) is 3.28. The summed E-state index contributed by atoms with van der Waals surface area (Å²) in [6, 6.07) is 14.3. The Kier molecular flexibility index (Phi) is 6.65. The number of benzene rings is 2. The van der Waals surface area contributed by atoms with Crippen molar-refractivity contribution in [2.75, 3.05) is 62.7 Å². The smallest absolute Gasteiger partial charge is 0.225 e. The molecule has 0 bridgehead atoms. The third-order valence-corrected chi connectivity index (χ3v) is 7.70. The number of methoxy groups -OCH3 is 1. The van der Waals surface area contributed by atoms with Gasteiger partial charge in [-0.3, -0.25) is 4.79 Å². The number of amides is 1. The SMILES string of the molecule is COc1ccc2c(c1)N1CCN(c3ccccc3Cl)C[C@@H]1[C@H](C(=O)NCCN1CCCC1)C2. The summed E-state index contributed by atoms with van der Waals surface area (Å²) >= 11 is 6.53. The number of likely N-dealkylation sites (tertiary alicyclic amines) is 1. The van der Waals surface area contributed by atoms with Gasteiger partial charge in [-0.25, -0.2) is 0 Å². The zero-order valence-corrected chi connectivity index (χ0v) is 20.1. The number of ether oxygens (including phenoxy) is 1. The average Bonchev–Trinajstić information content (AvgIpc) is 3.36. The molecule has 2 fully saturated rings. The van der Waals surface area contributed by atoms with E-state index >= 15 is 0 Å². The number of hydrogen-bond donors (Lipinski definition) is 1. The molecule has 0 radical (unpaired) electrons. The van der Waals surface area contributed by atoms with E-state index in [4.69, 9.17) is 16.3 Å². The fourth-order valence-electron chi connectivity index (χ4n) is 5.61. The Labute approximate surface area is 201 Å². The molecule has 1 N–H and O–H groups in total.